The van der Waals surface area contributed by atoms with Crippen LogP contribution in [-0.2, 0) is 22.4 Å². The minimum Gasteiger partial charge on any atom is -0.444 e. The van der Waals surface area contributed by atoms with Gasteiger partial charge in [0.1, 0.15) is 11.1 Å². The van der Waals surface area contributed by atoms with E-state index in [2.05, 4.69) is 48.5 Å². The second kappa shape index (κ2) is 9.96. The van der Waals surface area contributed by atoms with Gasteiger partial charge < -0.3 is 19.9 Å². The number of rotatable bonds is 9. The lowest BCUT2D eigenvalue weighted by Crippen LogP contribution is -2.44. The van der Waals surface area contributed by atoms with Crippen LogP contribution < -0.4 is 10.6 Å². The summed E-state index contributed by atoms with van der Waals surface area (Å²) in [4.78, 5) is 17.8. The summed E-state index contributed by atoms with van der Waals surface area (Å²) >= 11 is 4.70. The number of ether oxygens (including phenoxy) is 1. The first kappa shape index (κ1) is 23.5. The molecular weight excluding hydrogens is 456 g/mol. The number of carbonyl (C=O) groups excluding carboxylic acids is 1. The van der Waals surface area contributed by atoms with Crippen LogP contribution in [0.3, 0.4) is 0 Å². The van der Waals surface area contributed by atoms with Crippen LogP contribution in [0.15, 0.2) is 26.4 Å². The number of anilines is 1. The van der Waals surface area contributed by atoms with Gasteiger partial charge in [-0.05, 0) is 52.5 Å². The van der Waals surface area contributed by atoms with Crippen LogP contribution >= 0.6 is 34.4 Å². The second-order valence-electron chi connectivity index (χ2n) is 8.18. The van der Waals surface area contributed by atoms with Crippen molar-refractivity contribution in [1.29, 1.82) is 0 Å². The van der Waals surface area contributed by atoms with Crippen molar-refractivity contribution < 1.29 is 14.1 Å². The van der Waals surface area contributed by atoms with Gasteiger partial charge in [-0.2, -0.15) is 4.98 Å². The average molecular weight is 483 g/mol. The van der Waals surface area contributed by atoms with E-state index in [1.54, 1.807) is 46.0 Å². The van der Waals surface area contributed by atoms with Gasteiger partial charge in [-0.25, -0.2) is 4.79 Å². The smallest absolute Gasteiger partial charge is 0.408 e. The molecule has 168 valence electrons. The molecule has 31 heavy (non-hydrogen) atoms. The number of aromatic nitrogens is 4. The molecule has 0 fully saturated rings. The van der Waals surface area contributed by atoms with E-state index in [1.807, 2.05) is 0 Å². The molecule has 0 radical (unpaired) electrons. The molecule has 0 saturated heterocycles. The molecule has 2 N–H and O–H groups in total. The van der Waals surface area contributed by atoms with Crippen molar-refractivity contribution in [3.8, 4) is 0 Å². The van der Waals surface area contributed by atoms with Gasteiger partial charge in [0.05, 0.1) is 5.75 Å². The fourth-order valence-electron chi connectivity index (χ4n) is 2.39. The Morgan fingerprint density at radius 1 is 1.26 bits per heavy atom. The maximum absolute atomic E-state index is 12.1. The summed E-state index contributed by atoms with van der Waals surface area (Å²) in [7, 11) is 0. The minimum atomic E-state index is -0.836. The number of thiophene rings is 1. The first-order valence-corrected chi connectivity index (χ1v) is 12.4. The largest absolute Gasteiger partial charge is 0.444 e. The van der Waals surface area contributed by atoms with Crippen molar-refractivity contribution in [3.63, 3.8) is 0 Å². The van der Waals surface area contributed by atoms with Gasteiger partial charge in [0, 0.05) is 11.4 Å². The van der Waals surface area contributed by atoms with Gasteiger partial charge in [-0.1, -0.05) is 34.3 Å². The summed E-state index contributed by atoms with van der Waals surface area (Å²) in [5.74, 6) is 1.28. The zero-order valence-electron chi connectivity index (χ0n) is 18.1. The number of nitrogens with zero attached hydrogens (tertiary/aromatic N) is 4. The molecule has 0 aliphatic heterocycles. The van der Waals surface area contributed by atoms with Crippen LogP contribution in [0.4, 0.5) is 9.93 Å². The molecule has 3 aromatic heterocycles. The van der Waals surface area contributed by atoms with E-state index in [1.165, 1.54) is 28.0 Å². The Morgan fingerprint density at radius 2 is 2.06 bits per heavy atom. The molecule has 3 rings (SSSR count). The zero-order valence-corrected chi connectivity index (χ0v) is 20.5. The molecule has 12 heteroatoms. The van der Waals surface area contributed by atoms with Crippen LogP contribution in [0.25, 0.3) is 0 Å². The third-order valence-electron chi connectivity index (χ3n) is 3.79. The third-order valence-corrected chi connectivity index (χ3v) is 6.73. The first-order valence-electron chi connectivity index (χ1n) is 9.67. The predicted molar refractivity (Wildman–Crippen MR) is 123 cm³/mol. The summed E-state index contributed by atoms with van der Waals surface area (Å²) in [6, 6.07) is 4.17. The number of alkyl carbamates (subject to hydrolysis) is 1. The number of nitrogens with one attached hydrogen (secondary N) is 2. The SMILES string of the molecule is CC(C)(C)OC(=O)NC(C)(C)c1noc(CSc2nnc(NCCc3cccs3)s2)n1. The quantitative estimate of drug-likeness (QED) is 0.419. The first-order chi connectivity index (χ1) is 14.6. The van der Waals surface area contributed by atoms with Crippen LogP contribution in [0.1, 0.15) is 51.2 Å². The maximum atomic E-state index is 12.1. The Labute approximate surface area is 193 Å². The average Bonchev–Trinajstić information content (AvgIpc) is 3.40. The summed E-state index contributed by atoms with van der Waals surface area (Å²) < 4.78 is 11.4. The molecule has 0 bridgehead atoms. The summed E-state index contributed by atoms with van der Waals surface area (Å²) in [6.45, 7) is 9.81. The zero-order chi connectivity index (χ0) is 22.5. The normalized spacial score (nSPS) is 12.0. The van der Waals surface area contributed by atoms with Gasteiger partial charge in [-0.3, -0.25) is 0 Å². The van der Waals surface area contributed by atoms with E-state index < -0.39 is 17.2 Å². The molecule has 3 aromatic rings. The van der Waals surface area contributed by atoms with Crippen LogP contribution in [0, 0.1) is 0 Å². The van der Waals surface area contributed by atoms with Crippen molar-refractivity contribution in [3.05, 3.63) is 34.1 Å². The Hall–Kier alpha value is -2.18. The van der Waals surface area contributed by atoms with E-state index in [-0.39, 0.29) is 0 Å². The summed E-state index contributed by atoms with van der Waals surface area (Å²) in [5, 5.41) is 21.3. The standard InChI is InChI=1S/C19H26N6O3S3/c1-18(2,3)27-16(26)22-19(4,5)14-21-13(28-25-14)11-30-17-24-23-15(31-17)20-9-8-12-7-6-10-29-12/h6-7,10H,8-9,11H2,1-5H3,(H,20,23)(H,22,26). The molecular formula is C19H26N6O3S3. The predicted octanol–water partition coefficient (Wildman–Crippen LogP) is 4.69. The summed E-state index contributed by atoms with van der Waals surface area (Å²) in [6.07, 6.45) is 0.420. The molecule has 0 spiro atoms. The van der Waals surface area contributed by atoms with E-state index in [9.17, 15) is 4.79 Å². The Balaban J connectivity index is 1.47. The van der Waals surface area contributed by atoms with Gasteiger partial charge in [0.2, 0.25) is 11.0 Å². The van der Waals surface area contributed by atoms with Crippen molar-refractivity contribution in [2.45, 2.75) is 62.3 Å². The van der Waals surface area contributed by atoms with Crippen molar-refractivity contribution >= 4 is 45.7 Å². The monoisotopic (exact) mass is 482 g/mol. The van der Waals surface area contributed by atoms with Crippen molar-refractivity contribution in [1.82, 2.24) is 25.7 Å². The minimum absolute atomic E-state index is 0.377. The number of carbonyl (C=O) groups is 1. The highest BCUT2D eigenvalue weighted by Gasteiger charge is 2.31. The van der Waals surface area contributed by atoms with Gasteiger partial charge in [-0.15, -0.1) is 21.5 Å². The number of hydrogen-bond donors (Lipinski definition) is 2. The fraction of sp³-hybridized carbons (Fsp3) is 0.526. The number of amides is 1. The van der Waals surface area contributed by atoms with Gasteiger partial charge in [0.15, 0.2) is 10.2 Å². The molecule has 9 nitrogen and oxygen atoms in total. The van der Waals surface area contributed by atoms with E-state index in [4.69, 9.17) is 9.26 Å². The molecule has 3 heterocycles. The lowest BCUT2D eigenvalue weighted by molar-refractivity contribution is 0.0465. The molecule has 0 saturated carbocycles. The Morgan fingerprint density at radius 3 is 2.77 bits per heavy atom. The highest BCUT2D eigenvalue weighted by molar-refractivity contribution is 8.00. The third kappa shape index (κ3) is 7.47. The fourth-order valence-corrected chi connectivity index (χ4v) is 4.72. The highest BCUT2D eigenvalue weighted by atomic mass is 32.2. The van der Waals surface area contributed by atoms with Gasteiger partial charge in [0.25, 0.3) is 0 Å². The second-order valence-corrected chi connectivity index (χ2v) is 11.4. The van der Waals surface area contributed by atoms with Crippen LogP contribution in [0.2, 0.25) is 0 Å². The molecule has 0 aliphatic rings. The van der Waals surface area contributed by atoms with Gasteiger partial charge >= 0.3 is 6.09 Å². The van der Waals surface area contributed by atoms with E-state index in [0.29, 0.717) is 17.5 Å². The molecule has 0 atom stereocenters. The summed E-state index contributed by atoms with van der Waals surface area (Å²) in [5.41, 5.74) is -1.42. The maximum Gasteiger partial charge on any atom is 0.408 e. The van der Waals surface area contributed by atoms with E-state index in [0.717, 1.165) is 22.4 Å². The molecule has 1 amide bonds. The van der Waals surface area contributed by atoms with Crippen LogP contribution in [0.5, 0.6) is 0 Å². The lowest BCUT2D eigenvalue weighted by atomic mass is 10.1. The highest BCUT2D eigenvalue weighted by Crippen LogP contribution is 2.28. The van der Waals surface area contributed by atoms with Crippen LogP contribution in [-0.4, -0.2) is 38.6 Å². The molecule has 0 aliphatic carbocycles. The van der Waals surface area contributed by atoms with Crippen molar-refractivity contribution in [2.24, 2.45) is 0 Å². The Kier molecular flexibility index (Phi) is 7.55. The number of thioether (sulfide) groups is 1. The number of hydrogen-bond acceptors (Lipinski definition) is 11. The van der Waals surface area contributed by atoms with E-state index >= 15 is 0 Å². The molecule has 0 aromatic carbocycles. The topological polar surface area (TPSA) is 115 Å². The van der Waals surface area contributed by atoms with Crippen molar-refractivity contribution in [2.75, 3.05) is 11.9 Å². The Bertz CT molecular complexity index is 978. The molecule has 0 unspecified atom stereocenters. The lowest BCUT2D eigenvalue weighted by Gasteiger charge is -2.26.